The van der Waals surface area contributed by atoms with Gasteiger partial charge < -0.3 is 10.4 Å². The fourth-order valence-corrected chi connectivity index (χ4v) is 3.54. The van der Waals surface area contributed by atoms with Gasteiger partial charge in [0.1, 0.15) is 0 Å². The van der Waals surface area contributed by atoms with Gasteiger partial charge in [-0.15, -0.1) is 0 Å². The van der Waals surface area contributed by atoms with Gasteiger partial charge in [0.2, 0.25) is 5.91 Å². The van der Waals surface area contributed by atoms with E-state index in [9.17, 15) is 13.2 Å². The lowest BCUT2D eigenvalue weighted by Crippen LogP contribution is -2.36. The SMILES string of the molecule is C[C@@H](CO)NC(=O)CC1CCS(=O)(=O)C1. The van der Waals surface area contributed by atoms with Crippen molar-refractivity contribution in [1.82, 2.24) is 5.32 Å². The van der Waals surface area contributed by atoms with Crippen molar-refractivity contribution >= 4 is 15.7 Å². The van der Waals surface area contributed by atoms with Crippen LogP contribution in [0.5, 0.6) is 0 Å². The summed E-state index contributed by atoms with van der Waals surface area (Å²) < 4.78 is 22.3. The molecule has 1 aliphatic rings. The Hall–Kier alpha value is -0.620. The molecule has 0 spiro atoms. The van der Waals surface area contributed by atoms with Gasteiger partial charge in [-0.25, -0.2) is 8.42 Å². The average Bonchev–Trinajstić information content (AvgIpc) is 2.44. The summed E-state index contributed by atoms with van der Waals surface area (Å²) in [5.74, 6) is 0.0774. The summed E-state index contributed by atoms with van der Waals surface area (Å²) in [7, 11) is -2.90. The quantitative estimate of drug-likeness (QED) is 0.675. The third-order valence-electron chi connectivity index (χ3n) is 2.48. The minimum absolute atomic E-state index is 0.0547. The molecule has 0 aliphatic carbocycles. The monoisotopic (exact) mass is 235 g/mol. The fourth-order valence-electron chi connectivity index (χ4n) is 1.67. The van der Waals surface area contributed by atoms with Crippen molar-refractivity contribution in [3.63, 3.8) is 0 Å². The van der Waals surface area contributed by atoms with E-state index in [0.29, 0.717) is 6.42 Å². The first-order chi connectivity index (χ1) is 6.93. The van der Waals surface area contributed by atoms with Crippen LogP contribution in [0.2, 0.25) is 0 Å². The number of nitrogens with one attached hydrogen (secondary N) is 1. The number of hydrogen-bond acceptors (Lipinski definition) is 4. The highest BCUT2D eigenvalue weighted by atomic mass is 32.2. The lowest BCUT2D eigenvalue weighted by molar-refractivity contribution is -0.122. The van der Waals surface area contributed by atoms with Crippen LogP contribution in [-0.2, 0) is 14.6 Å². The van der Waals surface area contributed by atoms with E-state index in [2.05, 4.69) is 5.32 Å². The molecule has 0 bridgehead atoms. The zero-order valence-corrected chi connectivity index (χ0v) is 9.59. The summed E-state index contributed by atoms with van der Waals surface area (Å²) in [5, 5.41) is 11.3. The van der Waals surface area contributed by atoms with Crippen LogP contribution < -0.4 is 5.32 Å². The zero-order valence-electron chi connectivity index (χ0n) is 8.77. The molecule has 1 unspecified atom stereocenters. The van der Waals surface area contributed by atoms with Gasteiger partial charge in [0.15, 0.2) is 9.84 Å². The Morgan fingerprint density at radius 3 is 2.73 bits per heavy atom. The average molecular weight is 235 g/mol. The van der Waals surface area contributed by atoms with Crippen molar-refractivity contribution in [3.05, 3.63) is 0 Å². The Labute approximate surface area is 89.8 Å². The molecule has 0 radical (unpaired) electrons. The van der Waals surface area contributed by atoms with Gasteiger partial charge in [0, 0.05) is 12.5 Å². The minimum Gasteiger partial charge on any atom is -0.394 e. The maximum atomic E-state index is 11.4. The van der Waals surface area contributed by atoms with Crippen LogP contribution in [0.25, 0.3) is 0 Å². The van der Waals surface area contributed by atoms with E-state index in [-0.39, 0.29) is 42.4 Å². The normalized spacial score (nSPS) is 26.1. The van der Waals surface area contributed by atoms with Crippen molar-refractivity contribution in [2.45, 2.75) is 25.8 Å². The number of carbonyl (C=O) groups excluding carboxylic acids is 1. The third-order valence-corrected chi connectivity index (χ3v) is 4.32. The molecule has 15 heavy (non-hydrogen) atoms. The van der Waals surface area contributed by atoms with E-state index >= 15 is 0 Å². The van der Waals surface area contributed by atoms with Gasteiger partial charge in [0.25, 0.3) is 0 Å². The highest BCUT2D eigenvalue weighted by molar-refractivity contribution is 7.91. The predicted octanol–water partition coefficient (Wildman–Crippen LogP) is -0.692. The summed E-state index contributed by atoms with van der Waals surface area (Å²) >= 11 is 0. The first-order valence-electron chi connectivity index (χ1n) is 5.03. The minimum atomic E-state index is -2.90. The van der Waals surface area contributed by atoms with Gasteiger partial charge >= 0.3 is 0 Å². The van der Waals surface area contributed by atoms with E-state index in [4.69, 9.17) is 5.11 Å². The van der Waals surface area contributed by atoms with Gasteiger partial charge in [-0.3, -0.25) is 4.79 Å². The Bertz CT molecular complexity index is 325. The lowest BCUT2D eigenvalue weighted by atomic mass is 10.0. The maximum absolute atomic E-state index is 11.4. The molecule has 1 fully saturated rings. The van der Waals surface area contributed by atoms with Crippen LogP contribution in [0, 0.1) is 5.92 Å². The molecule has 1 aliphatic heterocycles. The second-order valence-electron chi connectivity index (χ2n) is 4.12. The van der Waals surface area contributed by atoms with E-state index in [1.54, 1.807) is 6.92 Å². The Morgan fingerprint density at radius 1 is 1.60 bits per heavy atom. The van der Waals surface area contributed by atoms with E-state index in [1.165, 1.54) is 0 Å². The summed E-state index contributed by atoms with van der Waals surface area (Å²) in [5.41, 5.74) is 0. The molecule has 0 saturated carbocycles. The molecule has 0 aromatic rings. The third kappa shape index (κ3) is 4.17. The van der Waals surface area contributed by atoms with Crippen molar-refractivity contribution in [2.24, 2.45) is 5.92 Å². The highest BCUT2D eigenvalue weighted by Gasteiger charge is 2.29. The molecule has 1 amide bonds. The Kier molecular flexibility index (Phi) is 4.10. The van der Waals surface area contributed by atoms with Gasteiger partial charge in [0.05, 0.1) is 18.1 Å². The van der Waals surface area contributed by atoms with Crippen LogP contribution in [-0.4, -0.2) is 43.6 Å². The predicted molar refractivity (Wildman–Crippen MR) is 56.1 cm³/mol. The molecule has 0 aromatic heterocycles. The number of amides is 1. The highest BCUT2D eigenvalue weighted by Crippen LogP contribution is 2.21. The van der Waals surface area contributed by atoms with Gasteiger partial charge in [-0.1, -0.05) is 0 Å². The molecule has 0 aromatic carbocycles. The second kappa shape index (κ2) is 4.94. The molecule has 1 rings (SSSR count). The molecule has 1 saturated heterocycles. The van der Waals surface area contributed by atoms with Crippen LogP contribution in [0.1, 0.15) is 19.8 Å². The molecular formula is C9H17NO4S. The number of rotatable bonds is 4. The molecular weight excluding hydrogens is 218 g/mol. The summed E-state index contributed by atoms with van der Waals surface area (Å²) in [6.45, 7) is 1.60. The molecule has 1 heterocycles. The van der Waals surface area contributed by atoms with E-state index < -0.39 is 9.84 Å². The van der Waals surface area contributed by atoms with Crippen LogP contribution in [0.15, 0.2) is 0 Å². The summed E-state index contributed by atoms with van der Waals surface area (Å²) in [6, 6.07) is -0.268. The van der Waals surface area contributed by atoms with Gasteiger partial charge in [-0.05, 0) is 19.3 Å². The zero-order chi connectivity index (χ0) is 11.5. The molecule has 2 atom stereocenters. The van der Waals surface area contributed by atoms with Crippen molar-refractivity contribution in [1.29, 1.82) is 0 Å². The van der Waals surface area contributed by atoms with Crippen LogP contribution >= 0.6 is 0 Å². The summed E-state index contributed by atoms with van der Waals surface area (Å²) in [6.07, 6.45) is 0.812. The van der Waals surface area contributed by atoms with E-state index in [1.807, 2.05) is 0 Å². The van der Waals surface area contributed by atoms with Crippen LogP contribution in [0.4, 0.5) is 0 Å². The number of sulfone groups is 1. The Morgan fingerprint density at radius 2 is 2.27 bits per heavy atom. The number of hydrogen-bond donors (Lipinski definition) is 2. The van der Waals surface area contributed by atoms with Crippen molar-refractivity contribution in [3.8, 4) is 0 Å². The van der Waals surface area contributed by atoms with Gasteiger partial charge in [-0.2, -0.15) is 0 Å². The standard InChI is InChI=1S/C9H17NO4S/c1-7(5-11)10-9(12)4-8-2-3-15(13,14)6-8/h7-8,11H,2-6H2,1H3,(H,10,12)/t7-,8?/m0/s1. The van der Waals surface area contributed by atoms with Crippen LogP contribution in [0.3, 0.4) is 0 Å². The topological polar surface area (TPSA) is 83.5 Å². The first kappa shape index (κ1) is 12.4. The molecule has 2 N–H and O–H groups in total. The van der Waals surface area contributed by atoms with Crippen molar-refractivity contribution in [2.75, 3.05) is 18.1 Å². The molecule has 5 nitrogen and oxygen atoms in total. The maximum Gasteiger partial charge on any atom is 0.220 e. The fraction of sp³-hybridized carbons (Fsp3) is 0.889. The second-order valence-corrected chi connectivity index (χ2v) is 6.35. The van der Waals surface area contributed by atoms with E-state index in [0.717, 1.165) is 0 Å². The summed E-state index contributed by atoms with van der Waals surface area (Å²) in [4.78, 5) is 11.4. The molecule has 88 valence electrons. The lowest BCUT2D eigenvalue weighted by Gasteiger charge is -2.12. The number of carbonyl (C=O) groups is 1. The van der Waals surface area contributed by atoms with Crippen molar-refractivity contribution < 1.29 is 18.3 Å². The largest absolute Gasteiger partial charge is 0.394 e. The molecule has 6 heteroatoms. The Balaban J connectivity index is 2.34. The first-order valence-corrected chi connectivity index (χ1v) is 6.85. The smallest absolute Gasteiger partial charge is 0.220 e. The number of aliphatic hydroxyl groups is 1. The number of aliphatic hydroxyl groups excluding tert-OH is 1.